The van der Waals surface area contributed by atoms with Crippen molar-refractivity contribution >= 4 is 16.5 Å². The van der Waals surface area contributed by atoms with Crippen LogP contribution in [0.5, 0.6) is 0 Å². The van der Waals surface area contributed by atoms with Crippen LogP contribution in [0.15, 0.2) is 24.3 Å². The van der Waals surface area contributed by atoms with Gasteiger partial charge in [0.25, 0.3) is 0 Å². The van der Waals surface area contributed by atoms with Gasteiger partial charge in [-0.2, -0.15) is 0 Å². The summed E-state index contributed by atoms with van der Waals surface area (Å²) in [4.78, 5) is 1.96. The quantitative estimate of drug-likeness (QED) is 0.821. The summed E-state index contributed by atoms with van der Waals surface area (Å²) >= 11 is 1.53. The third kappa shape index (κ3) is 2.55. The van der Waals surface area contributed by atoms with Crippen LogP contribution in [0.3, 0.4) is 0 Å². The number of aromatic nitrogens is 2. The molecule has 2 rings (SSSR count). The Kier molecular flexibility index (Phi) is 3.14. The Labute approximate surface area is 97.6 Å². The summed E-state index contributed by atoms with van der Waals surface area (Å²) in [5.74, 6) is -0.209. The molecule has 16 heavy (non-hydrogen) atoms. The zero-order valence-electron chi connectivity index (χ0n) is 9.14. The third-order valence-corrected chi connectivity index (χ3v) is 3.10. The van der Waals surface area contributed by atoms with Gasteiger partial charge in [-0.25, -0.2) is 4.39 Å². The molecule has 3 nitrogen and oxygen atoms in total. The minimum Gasteiger partial charge on any atom is -0.345 e. The van der Waals surface area contributed by atoms with Crippen LogP contribution in [0.25, 0.3) is 0 Å². The summed E-state index contributed by atoms with van der Waals surface area (Å²) in [5, 5.41) is 9.77. The van der Waals surface area contributed by atoms with E-state index in [9.17, 15) is 4.39 Å². The number of anilines is 1. The van der Waals surface area contributed by atoms with Gasteiger partial charge in [0.2, 0.25) is 5.13 Å². The van der Waals surface area contributed by atoms with Gasteiger partial charge in [-0.15, -0.1) is 10.2 Å². The van der Waals surface area contributed by atoms with Crippen molar-refractivity contribution in [1.29, 1.82) is 0 Å². The molecule has 0 unspecified atom stereocenters. The van der Waals surface area contributed by atoms with Gasteiger partial charge in [0, 0.05) is 13.6 Å². The van der Waals surface area contributed by atoms with Crippen LogP contribution in [0, 0.1) is 12.7 Å². The lowest BCUT2D eigenvalue weighted by Crippen LogP contribution is -2.16. The third-order valence-electron chi connectivity index (χ3n) is 2.15. The van der Waals surface area contributed by atoms with Gasteiger partial charge < -0.3 is 4.90 Å². The molecule has 1 aromatic carbocycles. The monoisotopic (exact) mass is 237 g/mol. The molecule has 2 aromatic rings. The Balaban J connectivity index is 2.10. The highest BCUT2D eigenvalue weighted by atomic mass is 32.1. The minimum absolute atomic E-state index is 0.209. The van der Waals surface area contributed by atoms with Crippen molar-refractivity contribution in [3.8, 4) is 0 Å². The summed E-state index contributed by atoms with van der Waals surface area (Å²) in [5.41, 5.74) is 0.926. The SMILES string of the molecule is Cc1nnc(N(C)Cc2cccc(F)c2)s1. The van der Waals surface area contributed by atoms with E-state index in [1.807, 2.05) is 24.9 Å². The van der Waals surface area contributed by atoms with Crippen LogP contribution in [-0.2, 0) is 6.54 Å². The zero-order chi connectivity index (χ0) is 11.5. The van der Waals surface area contributed by atoms with Gasteiger partial charge in [-0.1, -0.05) is 23.5 Å². The molecule has 0 spiro atoms. The predicted octanol–water partition coefficient (Wildman–Crippen LogP) is 2.62. The van der Waals surface area contributed by atoms with E-state index in [1.165, 1.54) is 23.5 Å². The Morgan fingerprint density at radius 2 is 2.19 bits per heavy atom. The van der Waals surface area contributed by atoms with Crippen LogP contribution in [0.2, 0.25) is 0 Å². The fourth-order valence-electron chi connectivity index (χ4n) is 1.42. The van der Waals surface area contributed by atoms with E-state index >= 15 is 0 Å². The molecule has 0 fully saturated rings. The van der Waals surface area contributed by atoms with Gasteiger partial charge in [0.15, 0.2) is 0 Å². The number of halogens is 1. The van der Waals surface area contributed by atoms with Crippen LogP contribution in [-0.4, -0.2) is 17.2 Å². The summed E-state index contributed by atoms with van der Waals surface area (Å²) < 4.78 is 13.0. The molecule has 0 N–H and O–H groups in total. The highest BCUT2D eigenvalue weighted by molar-refractivity contribution is 7.15. The van der Waals surface area contributed by atoms with E-state index in [4.69, 9.17) is 0 Å². The van der Waals surface area contributed by atoms with Crippen molar-refractivity contribution in [2.75, 3.05) is 11.9 Å². The van der Waals surface area contributed by atoms with Crippen molar-refractivity contribution in [2.45, 2.75) is 13.5 Å². The maximum atomic E-state index is 13.0. The second-order valence-electron chi connectivity index (χ2n) is 3.59. The van der Waals surface area contributed by atoms with Crippen LogP contribution in [0.4, 0.5) is 9.52 Å². The lowest BCUT2D eigenvalue weighted by atomic mass is 10.2. The molecule has 84 valence electrons. The van der Waals surface area contributed by atoms with Gasteiger partial charge in [-0.05, 0) is 24.6 Å². The first-order chi connectivity index (χ1) is 7.65. The molecule has 0 radical (unpaired) electrons. The Hall–Kier alpha value is -1.49. The Morgan fingerprint density at radius 1 is 1.38 bits per heavy atom. The first-order valence-corrected chi connectivity index (χ1v) is 5.72. The number of hydrogen-bond acceptors (Lipinski definition) is 4. The van der Waals surface area contributed by atoms with Crippen molar-refractivity contribution in [2.24, 2.45) is 0 Å². The van der Waals surface area contributed by atoms with Gasteiger partial charge >= 0.3 is 0 Å². The molecule has 0 bridgehead atoms. The van der Waals surface area contributed by atoms with E-state index in [-0.39, 0.29) is 5.82 Å². The molecule has 0 aliphatic rings. The molecule has 0 saturated carbocycles. The van der Waals surface area contributed by atoms with Crippen molar-refractivity contribution in [3.63, 3.8) is 0 Å². The maximum Gasteiger partial charge on any atom is 0.208 e. The van der Waals surface area contributed by atoms with Crippen molar-refractivity contribution < 1.29 is 4.39 Å². The van der Waals surface area contributed by atoms with E-state index in [2.05, 4.69) is 10.2 Å². The molecule has 0 atom stereocenters. The van der Waals surface area contributed by atoms with E-state index in [1.54, 1.807) is 6.07 Å². The molecular weight excluding hydrogens is 225 g/mol. The number of benzene rings is 1. The number of nitrogens with zero attached hydrogens (tertiary/aromatic N) is 3. The number of aryl methyl sites for hydroxylation is 1. The second-order valence-corrected chi connectivity index (χ2v) is 4.75. The first kappa shape index (κ1) is 11.0. The van der Waals surface area contributed by atoms with Crippen LogP contribution >= 0.6 is 11.3 Å². The fourth-order valence-corrected chi connectivity index (χ4v) is 2.07. The van der Waals surface area contributed by atoms with Crippen LogP contribution in [0.1, 0.15) is 10.6 Å². The minimum atomic E-state index is -0.209. The largest absolute Gasteiger partial charge is 0.345 e. The number of rotatable bonds is 3. The molecule has 0 aliphatic carbocycles. The molecule has 1 heterocycles. The summed E-state index contributed by atoms with van der Waals surface area (Å²) in [7, 11) is 1.92. The van der Waals surface area contributed by atoms with Gasteiger partial charge in [0.05, 0.1) is 0 Å². The topological polar surface area (TPSA) is 29.0 Å². The highest BCUT2D eigenvalue weighted by Crippen LogP contribution is 2.19. The summed E-state index contributed by atoms with van der Waals surface area (Å²) in [6, 6.07) is 6.58. The molecule has 5 heteroatoms. The second kappa shape index (κ2) is 4.57. The Bertz CT molecular complexity index is 484. The van der Waals surface area contributed by atoms with Crippen LogP contribution < -0.4 is 4.90 Å². The summed E-state index contributed by atoms with van der Waals surface area (Å²) in [6.07, 6.45) is 0. The highest BCUT2D eigenvalue weighted by Gasteiger charge is 2.07. The van der Waals surface area contributed by atoms with E-state index in [0.717, 1.165) is 15.7 Å². The Morgan fingerprint density at radius 3 is 2.81 bits per heavy atom. The average molecular weight is 237 g/mol. The molecule has 1 aromatic heterocycles. The van der Waals surface area contributed by atoms with Gasteiger partial charge in [0.1, 0.15) is 10.8 Å². The van der Waals surface area contributed by atoms with Crippen molar-refractivity contribution in [3.05, 3.63) is 40.7 Å². The lowest BCUT2D eigenvalue weighted by molar-refractivity contribution is 0.625. The zero-order valence-corrected chi connectivity index (χ0v) is 9.96. The maximum absolute atomic E-state index is 13.0. The smallest absolute Gasteiger partial charge is 0.208 e. The molecule has 0 aliphatic heterocycles. The van der Waals surface area contributed by atoms with Gasteiger partial charge in [-0.3, -0.25) is 0 Å². The molecule has 0 saturated heterocycles. The van der Waals surface area contributed by atoms with Crippen molar-refractivity contribution in [1.82, 2.24) is 10.2 Å². The van der Waals surface area contributed by atoms with E-state index < -0.39 is 0 Å². The average Bonchev–Trinajstić information content (AvgIpc) is 2.65. The predicted molar refractivity (Wildman–Crippen MR) is 63.2 cm³/mol. The summed E-state index contributed by atoms with van der Waals surface area (Å²) in [6.45, 7) is 2.55. The first-order valence-electron chi connectivity index (χ1n) is 4.91. The molecule has 0 amide bonds. The standard InChI is InChI=1S/C11H12FN3S/c1-8-13-14-11(16-8)15(2)7-9-4-3-5-10(12)6-9/h3-6H,7H2,1-2H3. The number of hydrogen-bond donors (Lipinski definition) is 0. The molecular formula is C11H12FN3S. The fraction of sp³-hybridized carbons (Fsp3) is 0.273. The van der Waals surface area contributed by atoms with E-state index in [0.29, 0.717) is 6.54 Å². The lowest BCUT2D eigenvalue weighted by Gasteiger charge is -2.14. The normalized spacial score (nSPS) is 10.4.